The summed E-state index contributed by atoms with van der Waals surface area (Å²) >= 11 is 0. The maximum atomic E-state index is 13.3. The van der Waals surface area contributed by atoms with Gasteiger partial charge in [-0.05, 0) is 48.1 Å². The minimum atomic E-state index is 0.163. The Labute approximate surface area is 185 Å². The Morgan fingerprint density at radius 2 is 1.68 bits per heavy atom. The second-order valence-electron chi connectivity index (χ2n) is 9.11. The first kappa shape index (κ1) is 20.0. The molecule has 3 aromatic rings. The average Bonchev–Trinajstić information content (AvgIpc) is 3.23. The van der Waals surface area contributed by atoms with Gasteiger partial charge in [0.2, 0.25) is 0 Å². The van der Waals surface area contributed by atoms with Crippen LogP contribution in [-0.4, -0.2) is 41.9 Å². The molecule has 0 bridgehead atoms. The molecule has 2 atom stereocenters. The number of benzene rings is 3. The second-order valence-corrected chi connectivity index (χ2v) is 9.11. The fourth-order valence-corrected chi connectivity index (χ4v) is 5.30. The van der Waals surface area contributed by atoms with Crippen LogP contribution in [0.15, 0.2) is 78.9 Å². The molecule has 1 amide bonds. The molecule has 0 radical (unpaired) electrons. The van der Waals surface area contributed by atoms with Gasteiger partial charge >= 0.3 is 0 Å². The van der Waals surface area contributed by atoms with Crippen molar-refractivity contribution in [3.05, 3.63) is 107 Å². The first-order valence-corrected chi connectivity index (χ1v) is 11.4. The lowest BCUT2D eigenvalue weighted by atomic mass is 9.88. The van der Waals surface area contributed by atoms with E-state index >= 15 is 0 Å². The van der Waals surface area contributed by atoms with Gasteiger partial charge in [0.1, 0.15) is 0 Å². The van der Waals surface area contributed by atoms with Gasteiger partial charge in [0.05, 0.1) is 0 Å². The summed E-state index contributed by atoms with van der Waals surface area (Å²) < 4.78 is 0. The fourth-order valence-electron chi connectivity index (χ4n) is 5.30. The number of aryl methyl sites for hydroxylation is 1. The van der Waals surface area contributed by atoms with E-state index in [1.807, 2.05) is 31.2 Å². The maximum absolute atomic E-state index is 13.3. The van der Waals surface area contributed by atoms with Gasteiger partial charge in [0.25, 0.3) is 5.91 Å². The highest BCUT2D eigenvalue weighted by atomic mass is 16.2. The molecule has 1 fully saturated rings. The van der Waals surface area contributed by atoms with Crippen molar-refractivity contribution in [1.29, 1.82) is 0 Å². The molecule has 3 nitrogen and oxygen atoms in total. The van der Waals surface area contributed by atoms with Gasteiger partial charge in [-0.3, -0.25) is 9.69 Å². The molecular formula is C28H30N2O. The minimum absolute atomic E-state index is 0.163. The zero-order valence-electron chi connectivity index (χ0n) is 18.2. The summed E-state index contributed by atoms with van der Waals surface area (Å²) in [6.45, 7) is 6.81. The molecular weight excluding hydrogens is 380 g/mol. The summed E-state index contributed by atoms with van der Waals surface area (Å²) in [5, 5.41) is 0. The van der Waals surface area contributed by atoms with Crippen LogP contribution in [0.5, 0.6) is 0 Å². The van der Waals surface area contributed by atoms with E-state index in [-0.39, 0.29) is 5.91 Å². The van der Waals surface area contributed by atoms with E-state index in [2.05, 4.69) is 64.4 Å². The number of carbonyl (C=O) groups excluding carboxylic acids is 1. The number of rotatable bonds is 4. The summed E-state index contributed by atoms with van der Waals surface area (Å²) in [5.74, 6) is 0.990. The molecule has 3 heteroatoms. The molecule has 0 spiro atoms. The van der Waals surface area contributed by atoms with E-state index in [9.17, 15) is 4.79 Å². The number of likely N-dealkylation sites (tertiary alicyclic amines) is 1. The molecule has 31 heavy (non-hydrogen) atoms. The summed E-state index contributed by atoms with van der Waals surface area (Å²) in [4.78, 5) is 18.0. The number of hydrogen-bond donors (Lipinski definition) is 0. The Morgan fingerprint density at radius 1 is 0.903 bits per heavy atom. The monoisotopic (exact) mass is 410 g/mol. The van der Waals surface area contributed by atoms with Gasteiger partial charge in [-0.25, -0.2) is 0 Å². The third kappa shape index (κ3) is 4.28. The van der Waals surface area contributed by atoms with E-state index in [1.165, 1.54) is 16.7 Å². The number of fused-ring (bicyclic) bond motifs is 1. The van der Waals surface area contributed by atoms with Crippen LogP contribution in [0.2, 0.25) is 0 Å². The van der Waals surface area contributed by atoms with Crippen LogP contribution >= 0.6 is 0 Å². The van der Waals surface area contributed by atoms with Gasteiger partial charge in [-0.15, -0.1) is 0 Å². The summed E-state index contributed by atoms with van der Waals surface area (Å²) in [6.07, 6.45) is 1.12. The molecule has 2 aliphatic rings. The van der Waals surface area contributed by atoms with Crippen molar-refractivity contribution in [2.45, 2.75) is 25.8 Å². The third-order valence-corrected chi connectivity index (χ3v) is 6.92. The largest absolute Gasteiger partial charge is 0.338 e. The molecule has 0 saturated carbocycles. The van der Waals surface area contributed by atoms with E-state index in [4.69, 9.17) is 0 Å². The molecule has 1 saturated heterocycles. The van der Waals surface area contributed by atoms with Crippen LogP contribution < -0.4 is 0 Å². The van der Waals surface area contributed by atoms with Gasteiger partial charge in [-0.2, -0.15) is 0 Å². The van der Waals surface area contributed by atoms with Crippen LogP contribution in [0, 0.1) is 12.8 Å². The van der Waals surface area contributed by atoms with Gasteiger partial charge in [0, 0.05) is 44.2 Å². The second kappa shape index (κ2) is 8.68. The highest BCUT2D eigenvalue weighted by molar-refractivity contribution is 5.94. The Balaban J connectivity index is 1.36. The molecule has 2 unspecified atom stereocenters. The SMILES string of the molecule is Cc1cccc(C(=O)N2CC(CN3CCc4ccccc4C3)C(c3ccccc3)C2)c1. The van der Waals surface area contributed by atoms with Crippen LogP contribution in [0.3, 0.4) is 0 Å². The lowest BCUT2D eigenvalue weighted by Gasteiger charge is -2.32. The highest BCUT2D eigenvalue weighted by Gasteiger charge is 2.37. The molecule has 5 rings (SSSR count). The van der Waals surface area contributed by atoms with Gasteiger partial charge in [-0.1, -0.05) is 72.3 Å². The topological polar surface area (TPSA) is 23.6 Å². The van der Waals surface area contributed by atoms with Crippen molar-refractivity contribution >= 4 is 5.91 Å². The molecule has 0 N–H and O–H groups in total. The van der Waals surface area contributed by atoms with Crippen molar-refractivity contribution in [3.8, 4) is 0 Å². The Kier molecular flexibility index (Phi) is 5.61. The normalized spacial score (nSPS) is 21.1. The zero-order valence-corrected chi connectivity index (χ0v) is 18.2. The van der Waals surface area contributed by atoms with Crippen molar-refractivity contribution in [3.63, 3.8) is 0 Å². The predicted molar refractivity (Wildman–Crippen MR) is 125 cm³/mol. The van der Waals surface area contributed by atoms with Crippen LogP contribution in [0.1, 0.15) is 38.5 Å². The Morgan fingerprint density at radius 3 is 2.48 bits per heavy atom. The first-order chi connectivity index (χ1) is 15.2. The average molecular weight is 411 g/mol. The van der Waals surface area contributed by atoms with Crippen LogP contribution in [-0.2, 0) is 13.0 Å². The third-order valence-electron chi connectivity index (χ3n) is 6.92. The Bertz CT molecular complexity index is 1060. The summed E-state index contributed by atoms with van der Waals surface area (Å²) in [5.41, 5.74) is 6.23. The number of carbonyl (C=O) groups is 1. The van der Waals surface area contributed by atoms with E-state index < -0.39 is 0 Å². The van der Waals surface area contributed by atoms with Crippen LogP contribution in [0.25, 0.3) is 0 Å². The van der Waals surface area contributed by atoms with Gasteiger partial charge < -0.3 is 4.90 Å². The minimum Gasteiger partial charge on any atom is -0.338 e. The lowest BCUT2D eigenvalue weighted by Crippen LogP contribution is -2.37. The number of nitrogens with zero attached hydrogens (tertiary/aromatic N) is 2. The van der Waals surface area contributed by atoms with E-state index in [0.717, 1.165) is 50.3 Å². The standard InChI is InChI=1S/C28H30N2O/c1-21-8-7-13-24(16-21)28(31)30-19-26(27(20-30)23-10-3-2-4-11-23)18-29-15-14-22-9-5-6-12-25(22)17-29/h2-13,16,26-27H,14-15,17-20H2,1H3. The van der Waals surface area contributed by atoms with Crippen molar-refractivity contribution < 1.29 is 4.79 Å². The predicted octanol–water partition coefficient (Wildman–Crippen LogP) is 4.91. The maximum Gasteiger partial charge on any atom is 0.253 e. The highest BCUT2D eigenvalue weighted by Crippen LogP contribution is 2.35. The van der Waals surface area contributed by atoms with Crippen molar-refractivity contribution in [1.82, 2.24) is 9.80 Å². The smallest absolute Gasteiger partial charge is 0.253 e. The molecule has 2 heterocycles. The quantitative estimate of drug-likeness (QED) is 0.610. The molecule has 2 aliphatic heterocycles. The fraction of sp³-hybridized carbons (Fsp3) is 0.321. The number of amides is 1. The van der Waals surface area contributed by atoms with Gasteiger partial charge in [0.15, 0.2) is 0 Å². The lowest BCUT2D eigenvalue weighted by molar-refractivity contribution is 0.0782. The summed E-state index contributed by atoms with van der Waals surface area (Å²) in [6, 6.07) is 27.6. The Hall–Kier alpha value is -2.91. The molecule has 3 aromatic carbocycles. The van der Waals surface area contributed by atoms with Crippen LogP contribution in [0.4, 0.5) is 0 Å². The van der Waals surface area contributed by atoms with E-state index in [1.54, 1.807) is 0 Å². The summed E-state index contributed by atoms with van der Waals surface area (Å²) in [7, 11) is 0. The van der Waals surface area contributed by atoms with Crippen molar-refractivity contribution in [2.75, 3.05) is 26.2 Å². The molecule has 0 aliphatic carbocycles. The zero-order chi connectivity index (χ0) is 21.2. The van der Waals surface area contributed by atoms with E-state index in [0.29, 0.717) is 11.8 Å². The first-order valence-electron chi connectivity index (χ1n) is 11.4. The molecule has 158 valence electrons. The van der Waals surface area contributed by atoms with Crippen molar-refractivity contribution in [2.24, 2.45) is 5.92 Å². The molecule has 0 aromatic heterocycles. The number of hydrogen-bond acceptors (Lipinski definition) is 2.